The fourth-order valence-corrected chi connectivity index (χ4v) is 1.23. The van der Waals surface area contributed by atoms with Crippen molar-refractivity contribution in [2.24, 2.45) is 4.99 Å². The second-order valence-corrected chi connectivity index (χ2v) is 3.32. The molecule has 92 valence electrons. The van der Waals surface area contributed by atoms with Crippen molar-refractivity contribution in [3.63, 3.8) is 0 Å². The van der Waals surface area contributed by atoms with Gasteiger partial charge in [0.15, 0.2) is 0 Å². The Morgan fingerprint density at radius 1 is 1.06 bits per heavy atom. The average Bonchev–Trinajstić information content (AvgIpc) is 2.46. The van der Waals surface area contributed by atoms with Crippen LogP contribution in [0.2, 0.25) is 0 Å². The summed E-state index contributed by atoms with van der Waals surface area (Å²) >= 11 is 0. The van der Waals surface area contributed by atoms with E-state index in [4.69, 9.17) is 9.47 Å². The van der Waals surface area contributed by atoms with Crippen LogP contribution in [0.5, 0.6) is 11.6 Å². The summed E-state index contributed by atoms with van der Waals surface area (Å²) in [5.74, 6) is 1.13. The van der Waals surface area contributed by atoms with Gasteiger partial charge < -0.3 is 9.47 Å². The Kier molecular flexibility index (Phi) is 3.80. The van der Waals surface area contributed by atoms with E-state index < -0.39 is 0 Å². The van der Waals surface area contributed by atoms with Crippen molar-refractivity contribution >= 4 is 11.9 Å². The summed E-state index contributed by atoms with van der Waals surface area (Å²) in [6.45, 7) is 0. The topological polar surface area (TPSA) is 69.5 Å². The van der Waals surface area contributed by atoms with E-state index in [9.17, 15) is 0 Å². The number of ether oxygens (including phenoxy) is 2. The summed E-state index contributed by atoms with van der Waals surface area (Å²) in [5, 5.41) is 0. The molecule has 0 bridgehead atoms. The minimum atomic E-state index is 0.468. The molecule has 0 aromatic carbocycles. The Bertz CT molecular complexity index is 540. The molecule has 0 radical (unpaired) electrons. The Morgan fingerprint density at radius 3 is 2.61 bits per heavy atom. The molecule has 0 aliphatic rings. The summed E-state index contributed by atoms with van der Waals surface area (Å²) in [5.41, 5.74) is 1.32. The Hall–Kier alpha value is -2.50. The van der Waals surface area contributed by atoms with Gasteiger partial charge in [-0.2, -0.15) is 0 Å². The quantitative estimate of drug-likeness (QED) is 0.765. The molecular formula is C12H12N4O2. The third-order valence-electron chi connectivity index (χ3n) is 2.14. The van der Waals surface area contributed by atoms with Crippen LogP contribution >= 0.6 is 0 Å². The predicted molar refractivity (Wildman–Crippen MR) is 66.6 cm³/mol. The number of hydrogen-bond donors (Lipinski definition) is 0. The van der Waals surface area contributed by atoms with E-state index in [1.54, 1.807) is 45.1 Å². The minimum absolute atomic E-state index is 0.468. The van der Waals surface area contributed by atoms with Gasteiger partial charge in [0.05, 0.1) is 56.6 Å². The molecule has 0 saturated carbocycles. The second-order valence-electron chi connectivity index (χ2n) is 3.32. The third-order valence-corrected chi connectivity index (χ3v) is 2.14. The first-order valence-electron chi connectivity index (χ1n) is 5.21. The molecule has 0 aliphatic carbocycles. The monoisotopic (exact) mass is 244 g/mol. The van der Waals surface area contributed by atoms with Crippen molar-refractivity contribution in [1.82, 2.24) is 15.0 Å². The predicted octanol–water partition coefficient (Wildman–Crippen LogP) is 1.64. The normalized spacial score (nSPS) is 10.6. The van der Waals surface area contributed by atoms with Gasteiger partial charge in [-0.3, -0.25) is 9.98 Å². The molecular weight excluding hydrogens is 232 g/mol. The number of aliphatic imine (C=N–C) groups is 1. The van der Waals surface area contributed by atoms with Gasteiger partial charge in [-0.05, 0) is 0 Å². The van der Waals surface area contributed by atoms with Crippen LogP contribution in [0.4, 0.5) is 5.69 Å². The number of nitrogens with zero attached hydrogens (tertiary/aromatic N) is 4. The van der Waals surface area contributed by atoms with Crippen LogP contribution in [0.1, 0.15) is 5.69 Å². The summed E-state index contributed by atoms with van der Waals surface area (Å²) in [4.78, 5) is 16.4. The lowest BCUT2D eigenvalue weighted by molar-refractivity contribution is 0.395. The number of hydrogen-bond acceptors (Lipinski definition) is 6. The number of methoxy groups -OCH3 is 2. The lowest BCUT2D eigenvalue weighted by Gasteiger charge is -1.99. The molecule has 2 heterocycles. The maximum atomic E-state index is 5.06. The molecule has 0 atom stereocenters. The van der Waals surface area contributed by atoms with Crippen LogP contribution in [0.15, 0.2) is 35.8 Å². The van der Waals surface area contributed by atoms with Crippen molar-refractivity contribution in [1.29, 1.82) is 0 Å². The zero-order chi connectivity index (χ0) is 12.8. The fraction of sp³-hybridized carbons (Fsp3) is 0.167. The molecule has 0 amide bonds. The molecule has 0 N–H and O–H groups in total. The Balaban J connectivity index is 2.13. The molecule has 2 rings (SSSR count). The van der Waals surface area contributed by atoms with Crippen molar-refractivity contribution in [2.75, 3.05) is 14.2 Å². The Labute approximate surface area is 104 Å². The lowest BCUT2D eigenvalue weighted by atomic mass is 10.4. The van der Waals surface area contributed by atoms with Gasteiger partial charge in [-0.15, -0.1) is 0 Å². The van der Waals surface area contributed by atoms with Gasteiger partial charge in [0.25, 0.3) is 0 Å². The van der Waals surface area contributed by atoms with E-state index in [-0.39, 0.29) is 0 Å². The SMILES string of the molecule is COc1cncc(/N=C\c2cnc(OC)cn2)c1. The Morgan fingerprint density at radius 2 is 1.94 bits per heavy atom. The molecule has 18 heavy (non-hydrogen) atoms. The smallest absolute Gasteiger partial charge is 0.232 e. The molecule has 0 aliphatic heterocycles. The van der Waals surface area contributed by atoms with E-state index in [0.717, 1.165) is 0 Å². The van der Waals surface area contributed by atoms with Crippen LogP contribution in [-0.2, 0) is 0 Å². The van der Waals surface area contributed by atoms with E-state index >= 15 is 0 Å². The van der Waals surface area contributed by atoms with Gasteiger partial charge in [-0.25, -0.2) is 9.97 Å². The van der Waals surface area contributed by atoms with Crippen molar-refractivity contribution in [3.8, 4) is 11.6 Å². The highest BCUT2D eigenvalue weighted by Gasteiger charge is 1.96. The molecule has 2 aromatic rings. The first kappa shape index (κ1) is 12.0. The summed E-state index contributed by atoms with van der Waals surface area (Å²) in [7, 11) is 3.12. The van der Waals surface area contributed by atoms with Crippen LogP contribution in [0, 0.1) is 0 Å². The van der Waals surface area contributed by atoms with Crippen LogP contribution < -0.4 is 9.47 Å². The van der Waals surface area contributed by atoms with Crippen molar-refractivity contribution in [3.05, 3.63) is 36.5 Å². The minimum Gasteiger partial charge on any atom is -0.495 e. The van der Waals surface area contributed by atoms with E-state index in [1.165, 1.54) is 6.20 Å². The molecule has 0 fully saturated rings. The first-order valence-corrected chi connectivity index (χ1v) is 5.21. The third kappa shape index (κ3) is 3.00. The fourth-order valence-electron chi connectivity index (χ4n) is 1.23. The van der Waals surface area contributed by atoms with E-state index in [1.807, 2.05) is 0 Å². The molecule has 6 nitrogen and oxygen atoms in total. The van der Waals surface area contributed by atoms with Crippen molar-refractivity contribution in [2.45, 2.75) is 0 Å². The summed E-state index contributed by atoms with van der Waals surface area (Å²) in [6, 6.07) is 1.78. The zero-order valence-corrected chi connectivity index (χ0v) is 10.1. The second kappa shape index (κ2) is 5.72. The first-order chi connectivity index (χ1) is 8.81. The number of aromatic nitrogens is 3. The molecule has 0 spiro atoms. The highest BCUT2D eigenvalue weighted by atomic mass is 16.5. The molecule has 0 saturated heterocycles. The number of rotatable bonds is 4. The van der Waals surface area contributed by atoms with Crippen LogP contribution in [0.25, 0.3) is 0 Å². The lowest BCUT2D eigenvalue weighted by Crippen LogP contribution is -1.92. The molecule has 2 aromatic heterocycles. The van der Waals surface area contributed by atoms with Crippen molar-refractivity contribution < 1.29 is 9.47 Å². The number of pyridine rings is 1. The van der Waals surface area contributed by atoms with Gasteiger partial charge in [0.2, 0.25) is 5.88 Å². The van der Waals surface area contributed by atoms with E-state index in [2.05, 4.69) is 19.9 Å². The molecule has 6 heteroatoms. The largest absolute Gasteiger partial charge is 0.495 e. The zero-order valence-electron chi connectivity index (χ0n) is 10.1. The van der Waals surface area contributed by atoms with Gasteiger partial charge >= 0.3 is 0 Å². The van der Waals surface area contributed by atoms with Gasteiger partial charge in [0.1, 0.15) is 5.75 Å². The summed E-state index contributed by atoms with van der Waals surface area (Å²) < 4.78 is 9.97. The summed E-state index contributed by atoms with van der Waals surface area (Å²) in [6.07, 6.45) is 7.96. The maximum absolute atomic E-state index is 5.06. The van der Waals surface area contributed by atoms with Gasteiger partial charge in [0, 0.05) is 6.07 Å². The average molecular weight is 244 g/mol. The van der Waals surface area contributed by atoms with Crippen LogP contribution in [-0.4, -0.2) is 35.4 Å². The highest BCUT2D eigenvalue weighted by Crippen LogP contribution is 2.17. The standard InChI is InChI=1S/C12H12N4O2/c1-17-11-3-9(4-13-7-11)14-5-10-6-16-12(18-2)8-15-10/h3-8H,1-2H3/b14-5-. The maximum Gasteiger partial charge on any atom is 0.232 e. The molecule has 0 unspecified atom stereocenters. The van der Waals surface area contributed by atoms with Crippen LogP contribution in [0.3, 0.4) is 0 Å². The highest BCUT2D eigenvalue weighted by molar-refractivity contribution is 5.79. The van der Waals surface area contributed by atoms with Gasteiger partial charge in [-0.1, -0.05) is 0 Å². The van der Waals surface area contributed by atoms with E-state index in [0.29, 0.717) is 23.0 Å².